The molecule has 142 valence electrons. The Hall–Kier alpha value is -2.64. The van der Waals surface area contributed by atoms with E-state index in [0.29, 0.717) is 25.1 Å². The highest BCUT2D eigenvalue weighted by Crippen LogP contribution is 2.30. The second kappa shape index (κ2) is 9.17. The van der Waals surface area contributed by atoms with Crippen LogP contribution in [0.1, 0.15) is 25.3 Å². The number of primary amides is 1. The van der Waals surface area contributed by atoms with Crippen molar-refractivity contribution >= 4 is 17.9 Å². The lowest BCUT2D eigenvalue weighted by Crippen LogP contribution is -2.43. The molecule has 0 aromatic heterocycles. The van der Waals surface area contributed by atoms with Crippen molar-refractivity contribution in [2.75, 3.05) is 19.7 Å². The first-order valence-corrected chi connectivity index (χ1v) is 8.38. The number of carbonyl (C=O) groups excluding carboxylic acids is 2. The number of benzene rings is 1. The summed E-state index contributed by atoms with van der Waals surface area (Å²) in [7, 11) is 0. The standard InChI is InChI=1S/C18H22F2N2O4/c1-2-25-15-10-12(5-7-14(15)26-18(19)20)6-8-16(23)22-9-3-4-13(11-22)17(21)24/h5-8,10,13,18H,2-4,9,11H2,1H3,(H2,21,24)/b8-6+. The maximum atomic E-state index is 12.4. The Bertz CT molecular complexity index is 679. The molecule has 1 unspecified atom stereocenters. The van der Waals surface area contributed by atoms with Crippen molar-refractivity contribution in [2.24, 2.45) is 11.7 Å². The van der Waals surface area contributed by atoms with Gasteiger partial charge in [-0.1, -0.05) is 6.07 Å². The van der Waals surface area contributed by atoms with Crippen molar-refractivity contribution in [1.82, 2.24) is 4.90 Å². The Labute approximate surface area is 150 Å². The minimum atomic E-state index is -2.95. The molecule has 6 nitrogen and oxygen atoms in total. The van der Waals surface area contributed by atoms with Gasteiger partial charge in [-0.05, 0) is 43.5 Å². The molecular formula is C18H22F2N2O4. The molecule has 0 spiro atoms. The third-order valence-electron chi connectivity index (χ3n) is 4.04. The van der Waals surface area contributed by atoms with Crippen LogP contribution in [0.5, 0.6) is 11.5 Å². The van der Waals surface area contributed by atoms with Gasteiger partial charge in [-0.25, -0.2) is 0 Å². The zero-order valence-corrected chi connectivity index (χ0v) is 14.5. The van der Waals surface area contributed by atoms with E-state index < -0.39 is 12.5 Å². The largest absolute Gasteiger partial charge is 0.490 e. The first-order chi connectivity index (χ1) is 12.4. The molecule has 8 heteroatoms. The summed E-state index contributed by atoms with van der Waals surface area (Å²) in [4.78, 5) is 25.2. The van der Waals surface area contributed by atoms with E-state index >= 15 is 0 Å². The van der Waals surface area contributed by atoms with Gasteiger partial charge in [0, 0.05) is 19.2 Å². The maximum absolute atomic E-state index is 12.4. The quantitative estimate of drug-likeness (QED) is 0.750. The Morgan fingerprint density at radius 2 is 2.15 bits per heavy atom. The summed E-state index contributed by atoms with van der Waals surface area (Å²) in [5.74, 6) is -0.847. The van der Waals surface area contributed by atoms with Crippen LogP contribution in [0.3, 0.4) is 0 Å². The van der Waals surface area contributed by atoms with E-state index in [1.54, 1.807) is 24.0 Å². The van der Waals surface area contributed by atoms with E-state index in [0.717, 1.165) is 6.42 Å². The minimum absolute atomic E-state index is 0.0642. The fourth-order valence-corrected chi connectivity index (χ4v) is 2.77. The Morgan fingerprint density at radius 1 is 1.38 bits per heavy atom. The average molecular weight is 368 g/mol. The number of hydrogen-bond donors (Lipinski definition) is 1. The second-order valence-electron chi connectivity index (χ2n) is 5.88. The van der Waals surface area contributed by atoms with E-state index in [1.807, 2.05) is 0 Å². The van der Waals surface area contributed by atoms with Gasteiger partial charge in [0.1, 0.15) is 0 Å². The third-order valence-corrected chi connectivity index (χ3v) is 4.04. The molecule has 26 heavy (non-hydrogen) atoms. The van der Waals surface area contributed by atoms with Gasteiger partial charge in [0.2, 0.25) is 11.8 Å². The van der Waals surface area contributed by atoms with Crippen molar-refractivity contribution in [3.63, 3.8) is 0 Å². The average Bonchev–Trinajstić information content (AvgIpc) is 2.61. The van der Waals surface area contributed by atoms with Crippen LogP contribution in [0, 0.1) is 5.92 Å². The van der Waals surface area contributed by atoms with Crippen LogP contribution >= 0.6 is 0 Å². The number of piperidine rings is 1. The summed E-state index contributed by atoms with van der Waals surface area (Å²) in [5.41, 5.74) is 5.92. The Morgan fingerprint density at radius 3 is 2.81 bits per heavy atom. The van der Waals surface area contributed by atoms with Crippen molar-refractivity contribution in [1.29, 1.82) is 0 Å². The first kappa shape index (κ1) is 19.7. The van der Waals surface area contributed by atoms with Gasteiger partial charge < -0.3 is 20.1 Å². The minimum Gasteiger partial charge on any atom is -0.490 e. The van der Waals surface area contributed by atoms with Crippen molar-refractivity contribution in [3.05, 3.63) is 29.8 Å². The van der Waals surface area contributed by atoms with Gasteiger partial charge >= 0.3 is 6.61 Å². The molecule has 1 fully saturated rings. The zero-order chi connectivity index (χ0) is 19.1. The lowest BCUT2D eigenvalue weighted by atomic mass is 9.97. The van der Waals surface area contributed by atoms with Gasteiger partial charge in [0.25, 0.3) is 0 Å². The number of ether oxygens (including phenoxy) is 2. The number of rotatable bonds is 7. The number of likely N-dealkylation sites (tertiary alicyclic amines) is 1. The fourth-order valence-electron chi connectivity index (χ4n) is 2.77. The van der Waals surface area contributed by atoms with E-state index in [-0.39, 0.29) is 29.9 Å². The van der Waals surface area contributed by atoms with E-state index in [4.69, 9.17) is 10.5 Å². The summed E-state index contributed by atoms with van der Waals surface area (Å²) < 4.78 is 34.5. The molecule has 1 aromatic rings. The smallest absolute Gasteiger partial charge is 0.387 e. The van der Waals surface area contributed by atoms with Crippen molar-refractivity contribution in [3.8, 4) is 11.5 Å². The molecule has 1 heterocycles. The van der Waals surface area contributed by atoms with Crippen LogP contribution in [0.25, 0.3) is 6.08 Å². The molecule has 2 rings (SSSR count). The molecule has 2 N–H and O–H groups in total. The number of amides is 2. The van der Waals surface area contributed by atoms with Crippen molar-refractivity contribution < 1.29 is 27.8 Å². The topological polar surface area (TPSA) is 81.9 Å². The van der Waals surface area contributed by atoms with Crippen molar-refractivity contribution in [2.45, 2.75) is 26.4 Å². The van der Waals surface area contributed by atoms with Crippen LogP contribution in [-0.2, 0) is 9.59 Å². The monoisotopic (exact) mass is 368 g/mol. The highest BCUT2D eigenvalue weighted by Gasteiger charge is 2.25. The summed E-state index contributed by atoms with van der Waals surface area (Å²) in [6, 6.07) is 4.44. The predicted octanol–water partition coefficient (Wildman–Crippen LogP) is 2.42. The van der Waals surface area contributed by atoms with Crippen LogP contribution < -0.4 is 15.2 Å². The second-order valence-corrected chi connectivity index (χ2v) is 5.88. The number of nitrogens with zero attached hydrogens (tertiary/aromatic N) is 1. The Balaban J connectivity index is 2.07. The molecular weight excluding hydrogens is 346 g/mol. The lowest BCUT2D eigenvalue weighted by molar-refractivity contribution is -0.130. The highest BCUT2D eigenvalue weighted by molar-refractivity contribution is 5.92. The van der Waals surface area contributed by atoms with Crippen LogP contribution in [0.2, 0.25) is 0 Å². The third kappa shape index (κ3) is 5.44. The zero-order valence-electron chi connectivity index (χ0n) is 14.5. The van der Waals surface area contributed by atoms with Crippen LogP contribution in [-0.4, -0.2) is 43.0 Å². The van der Waals surface area contributed by atoms with Gasteiger partial charge in [-0.15, -0.1) is 0 Å². The van der Waals surface area contributed by atoms with Gasteiger partial charge in [-0.3, -0.25) is 9.59 Å². The summed E-state index contributed by atoms with van der Waals surface area (Å²) >= 11 is 0. The Kier molecular flexibility index (Phi) is 6.94. The number of alkyl halides is 2. The maximum Gasteiger partial charge on any atom is 0.387 e. The molecule has 2 amide bonds. The van der Waals surface area contributed by atoms with E-state index in [9.17, 15) is 18.4 Å². The molecule has 0 bridgehead atoms. The highest BCUT2D eigenvalue weighted by atomic mass is 19.3. The molecule has 1 atom stereocenters. The summed E-state index contributed by atoms with van der Waals surface area (Å²) in [5, 5.41) is 0. The fraction of sp³-hybridized carbons (Fsp3) is 0.444. The molecule has 1 saturated heterocycles. The molecule has 0 radical (unpaired) electrons. The number of carbonyl (C=O) groups is 2. The number of halogens is 2. The van der Waals surface area contributed by atoms with Crippen LogP contribution in [0.4, 0.5) is 8.78 Å². The van der Waals surface area contributed by atoms with Crippen LogP contribution in [0.15, 0.2) is 24.3 Å². The van der Waals surface area contributed by atoms with Gasteiger partial charge in [-0.2, -0.15) is 8.78 Å². The van der Waals surface area contributed by atoms with Gasteiger partial charge in [0.15, 0.2) is 11.5 Å². The summed E-state index contributed by atoms with van der Waals surface area (Å²) in [6.45, 7) is -0.0608. The van der Waals surface area contributed by atoms with E-state index in [1.165, 1.54) is 18.2 Å². The SMILES string of the molecule is CCOc1cc(/C=C/C(=O)N2CCCC(C(N)=O)C2)ccc1OC(F)F. The predicted molar refractivity (Wildman–Crippen MR) is 91.8 cm³/mol. The lowest BCUT2D eigenvalue weighted by Gasteiger charge is -2.30. The molecule has 1 aliphatic rings. The normalized spacial score (nSPS) is 17.5. The number of hydrogen-bond acceptors (Lipinski definition) is 4. The van der Waals surface area contributed by atoms with E-state index in [2.05, 4.69) is 4.74 Å². The molecule has 1 aliphatic heterocycles. The number of nitrogens with two attached hydrogens (primary N) is 1. The summed E-state index contributed by atoms with van der Waals surface area (Å²) in [6.07, 6.45) is 4.35. The first-order valence-electron chi connectivity index (χ1n) is 8.38. The molecule has 0 aliphatic carbocycles. The van der Waals surface area contributed by atoms with Gasteiger partial charge in [0.05, 0.1) is 12.5 Å². The molecule has 0 saturated carbocycles. The molecule has 1 aromatic carbocycles.